The van der Waals surface area contributed by atoms with E-state index in [9.17, 15) is 9.59 Å². The van der Waals surface area contributed by atoms with Crippen LogP contribution in [-0.4, -0.2) is 45.5 Å². The van der Waals surface area contributed by atoms with Crippen LogP contribution in [0, 0.1) is 6.92 Å². The Kier molecular flexibility index (Phi) is 5.83. The van der Waals surface area contributed by atoms with Crippen LogP contribution in [0.3, 0.4) is 0 Å². The Labute approximate surface area is 151 Å². The monoisotopic (exact) mass is 361 g/mol. The number of likely N-dealkylation sites (tertiary alicyclic amines) is 1. The molecule has 1 fully saturated rings. The second-order valence-electron chi connectivity index (χ2n) is 6.20. The van der Waals surface area contributed by atoms with Crippen molar-refractivity contribution in [3.05, 3.63) is 40.6 Å². The Morgan fingerprint density at radius 2 is 2.32 bits per heavy atom. The second-order valence-corrected chi connectivity index (χ2v) is 7.24. The molecular weight excluding hydrogens is 338 g/mol. The van der Waals surface area contributed by atoms with Crippen molar-refractivity contribution in [2.75, 3.05) is 13.1 Å². The van der Waals surface area contributed by atoms with Gasteiger partial charge in [0.1, 0.15) is 5.82 Å². The van der Waals surface area contributed by atoms with Crippen LogP contribution in [0.25, 0.3) is 0 Å². The van der Waals surface area contributed by atoms with E-state index in [1.54, 1.807) is 17.5 Å². The van der Waals surface area contributed by atoms with E-state index in [4.69, 9.17) is 0 Å². The molecule has 2 aromatic rings. The minimum Gasteiger partial charge on any atom is -0.334 e. The largest absolute Gasteiger partial charge is 0.334 e. The lowest BCUT2D eigenvalue weighted by atomic mass is 10.2. The highest BCUT2D eigenvalue weighted by atomic mass is 32.1. The van der Waals surface area contributed by atoms with Crippen molar-refractivity contribution in [1.82, 2.24) is 25.1 Å². The molecule has 134 valence electrons. The van der Waals surface area contributed by atoms with Crippen LogP contribution < -0.4 is 10.6 Å². The van der Waals surface area contributed by atoms with Gasteiger partial charge in [0.05, 0.1) is 13.1 Å². The molecular formula is C17H23N5O2S. The first kappa shape index (κ1) is 17.6. The number of nitrogens with zero attached hydrogens (tertiary/aromatic N) is 3. The SMILES string of the molecule is Cc1nccn1C[C@@H]1CCCN1CC(=O)NC(=O)NCc1cccs1. The van der Waals surface area contributed by atoms with Crippen LogP contribution in [0.1, 0.15) is 23.5 Å². The number of imidazole rings is 1. The average molecular weight is 361 g/mol. The Hall–Kier alpha value is -2.19. The lowest BCUT2D eigenvalue weighted by molar-refractivity contribution is -0.121. The van der Waals surface area contributed by atoms with E-state index >= 15 is 0 Å². The molecule has 8 heteroatoms. The first-order valence-corrected chi connectivity index (χ1v) is 9.31. The molecule has 3 rings (SSSR count). The van der Waals surface area contributed by atoms with Crippen molar-refractivity contribution < 1.29 is 9.59 Å². The standard InChI is InChI=1S/C17H23N5O2S/c1-13-18-6-8-21(13)11-14-4-2-7-22(14)12-16(23)20-17(24)19-10-15-5-3-9-25-15/h3,5-6,8-9,14H,2,4,7,10-12H2,1H3,(H2,19,20,23,24)/t14-/m0/s1. The summed E-state index contributed by atoms with van der Waals surface area (Å²) in [6, 6.07) is 3.73. The summed E-state index contributed by atoms with van der Waals surface area (Å²) in [7, 11) is 0. The van der Waals surface area contributed by atoms with E-state index in [0.717, 1.165) is 36.6 Å². The number of imide groups is 1. The van der Waals surface area contributed by atoms with Crippen LogP contribution in [0.15, 0.2) is 29.9 Å². The molecule has 1 aliphatic heterocycles. The number of urea groups is 1. The number of amides is 3. The van der Waals surface area contributed by atoms with E-state index in [2.05, 4.69) is 25.1 Å². The molecule has 7 nitrogen and oxygen atoms in total. The lowest BCUT2D eigenvalue weighted by Gasteiger charge is -2.24. The lowest BCUT2D eigenvalue weighted by Crippen LogP contribution is -2.46. The highest BCUT2D eigenvalue weighted by Crippen LogP contribution is 2.19. The highest BCUT2D eigenvalue weighted by Gasteiger charge is 2.27. The molecule has 0 saturated carbocycles. The van der Waals surface area contributed by atoms with Crippen LogP contribution in [0.2, 0.25) is 0 Å². The first-order chi connectivity index (χ1) is 12.1. The molecule has 3 heterocycles. The number of rotatable bonds is 6. The number of aryl methyl sites for hydroxylation is 1. The second kappa shape index (κ2) is 8.26. The Balaban J connectivity index is 1.44. The van der Waals surface area contributed by atoms with Crippen molar-refractivity contribution in [3.63, 3.8) is 0 Å². The molecule has 0 bridgehead atoms. The van der Waals surface area contributed by atoms with Gasteiger partial charge >= 0.3 is 6.03 Å². The summed E-state index contributed by atoms with van der Waals surface area (Å²) in [4.78, 5) is 31.4. The van der Waals surface area contributed by atoms with Gasteiger partial charge in [-0.25, -0.2) is 9.78 Å². The Morgan fingerprint density at radius 3 is 3.04 bits per heavy atom. The highest BCUT2D eigenvalue weighted by molar-refractivity contribution is 7.09. The van der Waals surface area contributed by atoms with Gasteiger partial charge in [0.15, 0.2) is 0 Å². The molecule has 0 spiro atoms. The zero-order valence-electron chi connectivity index (χ0n) is 14.3. The van der Waals surface area contributed by atoms with E-state index in [-0.39, 0.29) is 12.5 Å². The smallest absolute Gasteiger partial charge is 0.321 e. The molecule has 1 atom stereocenters. The molecule has 1 aliphatic rings. The summed E-state index contributed by atoms with van der Waals surface area (Å²) in [6.45, 7) is 4.35. The van der Waals surface area contributed by atoms with Crippen molar-refractivity contribution in [2.45, 2.75) is 38.9 Å². The van der Waals surface area contributed by atoms with Gasteiger partial charge in [-0.1, -0.05) is 6.07 Å². The number of hydrogen-bond acceptors (Lipinski definition) is 5. The van der Waals surface area contributed by atoms with E-state index in [1.807, 2.05) is 30.6 Å². The molecule has 2 N–H and O–H groups in total. The van der Waals surface area contributed by atoms with Gasteiger partial charge in [0.2, 0.25) is 5.91 Å². The topological polar surface area (TPSA) is 79.3 Å². The van der Waals surface area contributed by atoms with Crippen molar-refractivity contribution in [3.8, 4) is 0 Å². The molecule has 0 unspecified atom stereocenters. The van der Waals surface area contributed by atoms with Crippen LogP contribution in [-0.2, 0) is 17.9 Å². The van der Waals surface area contributed by atoms with Crippen LogP contribution in [0.4, 0.5) is 4.79 Å². The molecule has 0 radical (unpaired) electrons. The maximum Gasteiger partial charge on any atom is 0.321 e. The van der Waals surface area contributed by atoms with Gasteiger partial charge in [0.25, 0.3) is 0 Å². The van der Waals surface area contributed by atoms with Gasteiger partial charge in [-0.3, -0.25) is 15.0 Å². The molecule has 3 amide bonds. The predicted molar refractivity (Wildman–Crippen MR) is 96.3 cm³/mol. The maximum atomic E-state index is 12.2. The summed E-state index contributed by atoms with van der Waals surface area (Å²) in [6.07, 6.45) is 5.87. The van der Waals surface area contributed by atoms with Gasteiger partial charge in [-0.2, -0.15) is 0 Å². The van der Waals surface area contributed by atoms with Crippen LogP contribution in [0.5, 0.6) is 0 Å². The van der Waals surface area contributed by atoms with Crippen LogP contribution >= 0.6 is 11.3 Å². The molecule has 0 aliphatic carbocycles. The van der Waals surface area contributed by atoms with Gasteiger partial charge < -0.3 is 9.88 Å². The summed E-state index contributed by atoms with van der Waals surface area (Å²) < 4.78 is 2.11. The number of hydrogen-bond donors (Lipinski definition) is 2. The van der Waals surface area contributed by atoms with Gasteiger partial charge in [-0.15, -0.1) is 11.3 Å². The molecule has 2 aromatic heterocycles. The molecule has 1 saturated heterocycles. The van der Waals surface area contributed by atoms with Gasteiger partial charge in [-0.05, 0) is 37.8 Å². The zero-order chi connectivity index (χ0) is 17.6. The average Bonchev–Trinajstić information content (AvgIpc) is 3.30. The number of aromatic nitrogens is 2. The number of nitrogens with one attached hydrogen (secondary N) is 2. The van der Waals surface area contributed by atoms with Crippen molar-refractivity contribution >= 4 is 23.3 Å². The summed E-state index contributed by atoms with van der Waals surface area (Å²) >= 11 is 1.57. The normalized spacial score (nSPS) is 17.6. The number of thiophene rings is 1. The maximum absolute atomic E-state index is 12.2. The van der Waals surface area contributed by atoms with Crippen molar-refractivity contribution in [2.24, 2.45) is 0 Å². The number of carbonyl (C=O) groups is 2. The quantitative estimate of drug-likeness (QED) is 0.821. The minimum absolute atomic E-state index is 0.241. The third kappa shape index (κ3) is 4.90. The summed E-state index contributed by atoms with van der Waals surface area (Å²) in [5.74, 6) is 0.710. The van der Waals surface area contributed by atoms with Crippen molar-refractivity contribution in [1.29, 1.82) is 0 Å². The number of carbonyl (C=O) groups excluding carboxylic acids is 2. The Morgan fingerprint density at radius 1 is 1.44 bits per heavy atom. The molecule has 25 heavy (non-hydrogen) atoms. The third-order valence-corrected chi connectivity index (χ3v) is 5.31. The summed E-state index contributed by atoms with van der Waals surface area (Å²) in [5.41, 5.74) is 0. The first-order valence-electron chi connectivity index (χ1n) is 8.43. The Bertz CT molecular complexity index is 712. The molecule has 0 aromatic carbocycles. The fourth-order valence-corrected chi connectivity index (χ4v) is 3.75. The third-order valence-electron chi connectivity index (χ3n) is 4.43. The fraction of sp³-hybridized carbons (Fsp3) is 0.471. The van der Waals surface area contributed by atoms with Gasteiger partial charge in [0, 0.05) is 29.9 Å². The van der Waals surface area contributed by atoms with E-state index < -0.39 is 6.03 Å². The zero-order valence-corrected chi connectivity index (χ0v) is 15.1. The predicted octanol–water partition coefficient (Wildman–Crippen LogP) is 1.74. The minimum atomic E-state index is -0.445. The van der Waals surface area contributed by atoms with E-state index in [0.29, 0.717) is 12.6 Å². The summed E-state index contributed by atoms with van der Waals surface area (Å²) in [5, 5.41) is 7.07. The fourth-order valence-electron chi connectivity index (χ4n) is 3.11. The van der Waals surface area contributed by atoms with E-state index in [1.165, 1.54) is 0 Å².